The first kappa shape index (κ1) is 19.1. The molecule has 0 spiro atoms. The van der Waals surface area contributed by atoms with Crippen molar-refractivity contribution in [1.82, 2.24) is 0 Å². The summed E-state index contributed by atoms with van der Waals surface area (Å²) < 4.78 is 5.50. The van der Waals surface area contributed by atoms with Crippen molar-refractivity contribution in [3.05, 3.63) is 95.7 Å². The molecule has 0 bridgehead atoms. The molecule has 31 heavy (non-hydrogen) atoms. The molecule has 0 aromatic heterocycles. The van der Waals surface area contributed by atoms with Gasteiger partial charge in [-0.25, -0.2) is 4.90 Å². The summed E-state index contributed by atoms with van der Waals surface area (Å²) in [6.07, 6.45) is 0.840. The lowest BCUT2D eigenvalue weighted by molar-refractivity contribution is -0.120. The number of para-hydroxylation sites is 1. The fraction of sp³-hybridized carbons (Fsp3) is 0.154. The van der Waals surface area contributed by atoms with E-state index in [9.17, 15) is 9.59 Å². The molecule has 5 nitrogen and oxygen atoms in total. The van der Waals surface area contributed by atoms with Gasteiger partial charge in [-0.1, -0.05) is 48.5 Å². The second kappa shape index (κ2) is 7.76. The number of nitrogens with zero attached hydrogens (tertiary/aromatic N) is 2. The molecule has 2 amide bonds. The van der Waals surface area contributed by atoms with Crippen molar-refractivity contribution in [1.29, 1.82) is 0 Å². The molecule has 3 aromatic carbocycles. The van der Waals surface area contributed by atoms with Crippen molar-refractivity contribution < 1.29 is 14.3 Å². The van der Waals surface area contributed by atoms with Crippen LogP contribution >= 0.6 is 0 Å². The van der Waals surface area contributed by atoms with Gasteiger partial charge in [-0.3, -0.25) is 9.59 Å². The first-order valence-electron chi connectivity index (χ1n) is 10.5. The Morgan fingerprint density at radius 1 is 0.839 bits per heavy atom. The maximum absolute atomic E-state index is 13.7. The number of carbonyl (C=O) groups is 2. The van der Waals surface area contributed by atoms with Gasteiger partial charge in [0.2, 0.25) is 0 Å². The van der Waals surface area contributed by atoms with Gasteiger partial charge in [-0.05, 0) is 54.8 Å². The molecular weight excluding hydrogens is 388 g/mol. The Balaban J connectivity index is 1.61. The van der Waals surface area contributed by atoms with Crippen LogP contribution in [0.1, 0.15) is 18.1 Å². The number of anilines is 2. The van der Waals surface area contributed by atoms with Gasteiger partial charge in [-0.2, -0.15) is 0 Å². The van der Waals surface area contributed by atoms with Crippen LogP contribution in [-0.4, -0.2) is 25.0 Å². The molecule has 0 aliphatic carbocycles. The second-order valence-corrected chi connectivity index (χ2v) is 7.49. The molecule has 154 valence electrons. The number of hydrogen-bond acceptors (Lipinski definition) is 4. The van der Waals surface area contributed by atoms with Crippen molar-refractivity contribution in [2.24, 2.45) is 0 Å². The van der Waals surface area contributed by atoms with E-state index in [4.69, 9.17) is 4.74 Å². The van der Waals surface area contributed by atoms with Crippen molar-refractivity contribution in [2.45, 2.75) is 13.3 Å². The largest absolute Gasteiger partial charge is 0.494 e. The molecule has 5 heteroatoms. The van der Waals surface area contributed by atoms with E-state index < -0.39 is 0 Å². The number of ether oxygens (including phenoxy) is 1. The maximum Gasteiger partial charge on any atom is 0.282 e. The Labute approximate surface area is 181 Å². The lowest BCUT2D eigenvalue weighted by atomic mass is 10.0. The maximum atomic E-state index is 13.7. The summed E-state index contributed by atoms with van der Waals surface area (Å²) in [5.41, 5.74) is 4.33. The Hall–Kier alpha value is -3.86. The van der Waals surface area contributed by atoms with Gasteiger partial charge in [0.15, 0.2) is 0 Å². The molecule has 2 aliphatic heterocycles. The number of carbonyl (C=O) groups excluding carboxylic acids is 2. The molecule has 0 unspecified atom stereocenters. The van der Waals surface area contributed by atoms with Crippen molar-refractivity contribution in [2.75, 3.05) is 23.0 Å². The van der Waals surface area contributed by atoms with Crippen molar-refractivity contribution in [3.63, 3.8) is 0 Å². The molecule has 2 aliphatic rings. The molecule has 0 saturated carbocycles. The van der Waals surface area contributed by atoms with E-state index in [-0.39, 0.29) is 11.8 Å². The van der Waals surface area contributed by atoms with E-state index >= 15 is 0 Å². The molecule has 0 atom stereocenters. The summed E-state index contributed by atoms with van der Waals surface area (Å²) in [7, 11) is 0. The molecule has 0 saturated heterocycles. The van der Waals surface area contributed by atoms with Crippen LogP contribution in [0.4, 0.5) is 11.4 Å². The van der Waals surface area contributed by atoms with Crippen LogP contribution in [0.25, 0.3) is 5.57 Å². The third kappa shape index (κ3) is 3.19. The van der Waals surface area contributed by atoms with Crippen molar-refractivity contribution in [3.8, 4) is 5.75 Å². The fourth-order valence-corrected chi connectivity index (χ4v) is 4.30. The number of benzene rings is 3. The van der Waals surface area contributed by atoms with Crippen LogP contribution < -0.4 is 14.5 Å². The van der Waals surface area contributed by atoms with Gasteiger partial charge in [0.05, 0.1) is 17.9 Å². The first-order chi connectivity index (χ1) is 15.2. The minimum absolute atomic E-state index is 0.301. The second-order valence-electron chi connectivity index (χ2n) is 7.49. The number of imide groups is 1. The highest BCUT2D eigenvalue weighted by Gasteiger charge is 2.44. The van der Waals surface area contributed by atoms with E-state index in [1.54, 1.807) is 24.3 Å². The summed E-state index contributed by atoms with van der Waals surface area (Å²) in [5.74, 6) is 0.0970. The number of amides is 2. The topological polar surface area (TPSA) is 49.9 Å². The van der Waals surface area contributed by atoms with Crippen LogP contribution in [0.2, 0.25) is 0 Å². The van der Waals surface area contributed by atoms with Gasteiger partial charge in [0.25, 0.3) is 11.8 Å². The quantitative estimate of drug-likeness (QED) is 0.584. The highest BCUT2D eigenvalue weighted by molar-refractivity contribution is 6.46. The molecule has 2 heterocycles. The smallest absolute Gasteiger partial charge is 0.282 e. The fourth-order valence-electron chi connectivity index (χ4n) is 4.30. The molecule has 0 fully saturated rings. The third-order valence-corrected chi connectivity index (χ3v) is 5.68. The zero-order valence-electron chi connectivity index (χ0n) is 17.2. The number of fused-ring (bicyclic) bond motifs is 1. The van der Waals surface area contributed by atoms with Crippen LogP contribution in [0.3, 0.4) is 0 Å². The molecule has 3 aromatic rings. The lowest BCUT2D eigenvalue weighted by Crippen LogP contribution is -2.34. The van der Waals surface area contributed by atoms with Crippen LogP contribution in [0.5, 0.6) is 5.75 Å². The highest BCUT2D eigenvalue weighted by Crippen LogP contribution is 2.40. The molecule has 0 N–H and O–H groups in total. The van der Waals surface area contributed by atoms with Gasteiger partial charge < -0.3 is 9.64 Å². The molecular formula is C26H22N2O3. The van der Waals surface area contributed by atoms with Crippen LogP contribution in [-0.2, 0) is 16.0 Å². The molecule has 0 radical (unpaired) electrons. The van der Waals surface area contributed by atoms with E-state index in [1.807, 2.05) is 60.4 Å². The zero-order chi connectivity index (χ0) is 21.4. The Morgan fingerprint density at radius 3 is 2.29 bits per heavy atom. The summed E-state index contributed by atoms with van der Waals surface area (Å²) in [6, 6.07) is 24.6. The van der Waals surface area contributed by atoms with Crippen molar-refractivity contribution >= 4 is 28.8 Å². The Bertz CT molecular complexity index is 1180. The number of rotatable bonds is 5. The Morgan fingerprint density at radius 2 is 1.55 bits per heavy atom. The zero-order valence-corrected chi connectivity index (χ0v) is 17.2. The van der Waals surface area contributed by atoms with Gasteiger partial charge in [0.1, 0.15) is 11.4 Å². The van der Waals surface area contributed by atoms with Crippen LogP contribution in [0.15, 0.2) is 84.6 Å². The number of hydrogen-bond donors (Lipinski definition) is 0. The standard InChI is InChI=1S/C26H22N2O3/c1-2-31-21-14-12-20(13-15-21)28-25(29)23(19-9-4-3-5-10-19)24(26(28)30)27-17-16-18-8-6-7-11-22(18)27/h3-15H,2,16-17H2,1H3. The molecule has 5 rings (SSSR count). The average Bonchev–Trinajstić information content (AvgIpc) is 3.33. The van der Waals surface area contributed by atoms with Gasteiger partial charge >= 0.3 is 0 Å². The average molecular weight is 410 g/mol. The van der Waals surface area contributed by atoms with Crippen LogP contribution in [0, 0.1) is 0 Å². The first-order valence-corrected chi connectivity index (χ1v) is 10.5. The monoisotopic (exact) mass is 410 g/mol. The predicted molar refractivity (Wildman–Crippen MR) is 121 cm³/mol. The summed E-state index contributed by atoms with van der Waals surface area (Å²) in [6.45, 7) is 3.14. The highest BCUT2D eigenvalue weighted by atomic mass is 16.5. The normalized spacial score (nSPS) is 15.6. The summed E-state index contributed by atoms with van der Waals surface area (Å²) in [5, 5.41) is 0. The summed E-state index contributed by atoms with van der Waals surface area (Å²) >= 11 is 0. The summed E-state index contributed by atoms with van der Waals surface area (Å²) in [4.78, 5) is 30.5. The SMILES string of the molecule is CCOc1ccc(N2C(=O)C(c3ccccc3)=C(N3CCc4ccccc43)C2=O)cc1. The predicted octanol–water partition coefficient (Wildman–Crippen LogP) is 4.43. The minimum atomic E-state index is -0.306. The lowest BCUT2D eigenvalue weighted by Gasteiger charge is -2.22. The van der Waals surface area contributed by atoms with Gasteiger partial charge in [-0.15, -0.1) is 0 Å². The van der Waals surface area contributed by atoms with E-state index in [2.05, 4.69) is 6.07 Å². The van der Waals surface area contributed by atoms with E-state index in [0.717, 1.165) is 17.7 Å². The van der Waals surface area contributed by atoms with E-state index in [1.165, 1.54) is 10.5 Å². The van der Waals surface area contributed by atoms with Gasteiger partial charge in [0, 0.05) is 12.2 Å². The third-order valence-electron chi connectivity index (χ3n) is 5.68. The van der Waals surface area contributed by atoms with E-state index in [0.29, 0.717) is 35.9 Å². The Kier molecular flexibility index (Phi) is 4.79. The minimum Gasteiger partial charge on any atom is -0.494 e.